The molecule has 2 aliphatic heterocycles. The Kier molecular flexibility index (Phi) is 2.54. The quantitative estimate of drug-likeness (QED) is 0.844. The van der Waals surface area contributed by atoms with Crippen molar-refractivity contribution >= 4 is 10.0 Å². The van der Waals surface area contributed by atoms with Gasteiger partial charge >= 0.3 is 0 Å². The van der Waals surface area contributed by atoms with E-state index in [1.165, 1.54) is 0 Å². The van der Waals surface area contributed by atoms with Gasteiger partial charge in [0.15, 0.2) is 0 Å². The second kappa shape index (κ2) is 4.06. The molecule has 1 aromatic heterocycles. The van der Waals surface area contributed by atoms with Crippen LogP contribution >= 0.6 is 0 Å². The summed E-state index contributed by atoms with van der Waals surface area (Å²) in [6.07, 6.45) is 9.41. The van der Waals surface area contributed by atoms with Crippen LogP contribution in [-0.4, -0.2) is 39.8 Å². The van der Waals surface area contributed by atoms with Gasteiger partial charge in [-0.1, -0.05) is 0 Å². The lowest BCUT2D eigenvalue weighted by molar-refractivity contribution is 0.184. The molecule has 2 unspecified atom stereocenters. The van der Waals surface area contributed by atoms with E-state index in [-0.39, 0.29) is 17.3 Å². The van der Waals surface area contributed by atoms with E-state index in [0.717, 1.165) is 38.5 Å². The van der Waals surface area contributed by atoms with Crippen molar-refractivity contribution in [3.63, 3.8) is 0 Å². The molecule has 2 bridgehead atoms. The van der Waals surface area contributed by atoms with Crippen LogP contribution in [-0.2, 0) is 10.0 Å². The largest absolute Gasteiger partial charge is 0.270 e. The summed E-state index contributed by atoms with van der Waals surface area (Å²) in [6, 6.07) is 2.73. The minimum Gasteiger partial charge on any atom is -0.270 e. The molecule has 0 radical (unpaired) electrons. The highest BCUT2D eigenvalue weighted by Gasteiger charge is 2.51. The summed E-state index contributed by atoms with van der Waals surface area (Å²) in [5, 5.41) is 4.25. The Morgan fingerprint density at radius 1 is 1.00 bits per heavy atom. The molecule has 0 spiro atoms. The molecule has 0 amide bonds. The minimum atomic E-state index is -3.01. The van der Waals surface area contributed by atoms with Gasteiger partial charge in [0.1, 0.15) is 0 Å². The first-order valence-corrected chi connectivity index (χ1v) is 8.68. The van der Waals surface area contributed by atoms with E-state index >= 15 is 0 Å². The van der Waals surface area contributed by atoms with Crippen molar-refractivity contribution in [3.8, 4) is 0 Å². The van der Waals surface area contributed by atoms with Gasteiger partial charge in [-0.25, -0.2) is 8.42 Å². The lowest BCUT2D eigenvalue weighted by atomic mass is 10.00. The van der Waals surface area contributed by atoms with E-state index in [0.29, 0.717) is 6.04 Å². The highest BCUT2D eigenvalue weighted by atomic mass is 32.2. The molecule has 0 aromatic carbocycles. The molecule has 1 saturated carbocycles. The summed E-state index contributed by atoms with van der Waals surface area (Å²) >= 11 is 0. The molecule has 2 saturated heterocycles. The Morgan fingerprint density at radius 2 is 1.68 bits per heavy atom. The maximum atomic E-state index is 12.5. The van der Waals surface area contributed by atoms with Gasteiger partial charge in [0.2, 0.25) is 10.0 Å². The maximum absolute atomic E-state index is 12.5. The average Bonchev–Trinajstić information content (AvgIpc) is 3.05. The summed E-state index contributed by atoms with van der Waals surface area (Å²) in [4.78, 5) is 0. The zero-order chi connectivity index (χ0) is 13.0. The number of hydrogen-bond acceptors (Lipinski definition) is 3. The van der Waals surface area contributed by atoms with E-state index < -0.39 is 10.0 Å². The highest BCUT2D eigenvalue weighted by Crippen LogP contribution is 2.45. The first-order valence-electron chi connectivity index (χ1n) is 7.18. The molecule has 3 fully saturated rings. The van der Waals surface area contributed by atoms with Gasteiger partial charge in [0.05, 0.1) is 11.3 Å². The van der Waals surface area contributed by atoms with Crippen LogP contribution < -0.4 is 0 Å². The van der Waals surface area contributed by atoms with Crippen molar-refractivity contribution in [1.82, 2.24) is 14.1 Å². The van der Waals surface area contributed by atoms with Crippen LogP contribution in [0.3, 0.4) is 0 Å². The molecule has 3 aliphatic rings. The summed E-state index contributed by atoms with van der Waals surface area (Å²) in [5.74, 6) is 0. The van der Waals surface area contributed by atoms with Crippen molar-refractivity contribution in [2.24, 2.45) is 0 Å². The summed E-state index contributed by atoms with van der Waals surface area (Å²) < 4.78 is 28.9. The van der Waals surface area contributed by atoms with Gasteiger partial charge in [-0.05, 0) is 44.6 Å². The van der Waals surface area contributed by atoms with E-state index in [1.807, 2.05) is 21.3 Å². The van der Waals surface area contributed by atoms with E-state index in [2.05, 4.69) is 5.10 Å². The summed E-state index contributed by atoms with van der Waals surface area (Å²) in [6.45, 7) is 0. The molecule has 19 heavy (non-hydrogen) atoms. The zero-order valence-corrected chi connectivity index (χ0v) is 11.7. The molecule has 5 nitrogen and oxygen atoms in total. The second-order valence-electron chi connectivity index (χ2n) is 6.07. The van der Waals surface area contributed by atoms with Crippen LogP contribution in [0.1, 0.15) is 44.6 Å². The molecular formula is C13H19N3O2S. The predicted molar refractivity (Wildman–Crippen MR) is 71.1 cm³/mol. The average molecular weight is 281 g/mol. The molecule has 104 valence electrons. The monoisotopic (exact) mass is 281 g/mol. The number of nitrogens with zero attached hydrogens (tertiary/aromatic N) is 3. The van der Waals surface area contributed by atoms with Gasteiger partial charge in [-0.3, -0.25) is 4.68 Å². The maximum Gasteiger partial charge on any atom is 0.217 e. The normalized spacial score (nSPS) is 35.7. The minimum absolute atomic E-state index is 0.0724. The third kappa shape index (κ3) is 1.84. The Bertz CT molecular complexity index is 551. The topological polar surface area (TPSA) is 55.2 Å². The molecule has 1 aliphatic carbocycles. The lowest BCUT2D eigenvalue weighted by Gasteiger charge is -2.38. The van der Waals surface area contributed by atoms with Crippen LogP contribution in [0.4, 0.5) is 0 Å². The van der Waals surface area contributed by atoms with Crippen molar-refractivity contribution in [3.05, 3.63) is 18.5 Å². The number of aromatic nitrogens is 2. The smallest absolute Gasteiger partial charge is 0.217 e. The van der Waals surface area contributed by atoms with Crippen molar-refractivity contribution in [2.75, 3.05) is 0 Å². The molecule has 0 N–H and O–H groups in total. The van der Waals surface area contributed by atoms with E-state index in [1.54, 1.807) is 6.20 Å². The zero-order valence-electron chi connectivity index (χ0n) is 10.9. The van der Waals surface area contributed by atoms with Crippen LogP contribution in [0.15, 0.2) is 18.5 Å². The number of hydrogen-bond donors (Lipinski definition) is 0. The molecule has 3 heterocycles. The van der Waals surface area contributed by atoms with Crippen molar-refractivity contribution in [2.45, 2.75) is 61.9 Å². The Hall–Kier alpha value is -0.880. The Labute approximate surface area is 113 Å². The molecule has 2 atom stereocenters. The fourth-order valence-electron chi connectivity index (χ4n) is 3.77. The van der Waals surface area contributed by atoms with Crippen LogP contribution in [0.2, 0.25) is 0 Å². The highest BCUT2D eigenvalue weighted by molar-refractivity contribution is 7.90. The van der Waals surface area contributed by atoms with E-state index in [9.17, 15) is 8.42 Å². The third-order valence-electron chi connectivity index (χ3n) is 4.78. The van der Waals surface area contributed by atoms with Crippen LogP contribution in [0, 0.1) is 0 Å². The van der Waals surface area contributed by atoms with Gasteiger partial charge in [0, 0.05) is 24.5 Å². The molecular weight excluding hydrogens is 262 g/mol. The van der Waals surface area contributed by atoms with Gasteiger partial charge in [-0.2, -0.15) is 9.40 Å². The number of sulfonamides is 1. The van der Waals surface area contributed by atoms with Crippen molar-refractivity contribution in [1.29, 1.82) is 0 Å². The standard InChI is InChI=1S/C13H19N3O2S/c17-19(18,13-4-5-13)16-10-2-3-11(16)9-12(8-10)15-7-1-6-14-15/h1,6-7,10-13H,2-5,8-9H2. The second-order valence-corrected chi connectivity index (χ2v) is 8.19. The predicted octanol–water partition coefficient (Wildman–Crippen LogP) is 1.54. The molecule has 4 rings (SSSR count). The van der Waals surface area contributed by atoms with Gasteiger partial charge in [-0.15, -0.1) is 0 Å². The van der Waals surface area contributed by atoms with Crippen molar-refractivity contribution < 1.29 is 8.42 Å². The Morgan fingerprint density at radius 3 is 2.21 bits per heavy atom. The fraction of sp³-hybridized carbons (Fsp3) is 0.769. The van der Waals surface area contributed by atoms with Gasteiger partial charge in [0.25, 0.3) is 0 Å². The fourth-order valence-corrected chi connectivity index (χ4v) is 6.06. The lowest BCUT2D eigenvalue weighted by Crippen LogP contribution is -2.48. The first kappa shape index (κ1) is 11.9. The molecule has 6 heteroatoms. The summed E-state index contributed by atoms with van der Waals surface area (Å²) in [7, 11) is -3.01. The molecule has 1 aromatic rings. The van der Waals surface area contributed by atoms with E-state index in [4.69, 9.17) is 0 Å². The number of piperidine rings is 1. The number of rotatable bonds is 3. The van der Waals surface area contributed by atoms with Gasteiger partial charge < -0.3 is 0 Å². The number of fused-ring (bicyclic) bond motifs is 2. The van der Waals surface area contributed by atoms with Crippen LogP contribution in [0.5, 0.6) is 0 Å². The third-order valence-corrected chi connectivity index (χ3v) is 7.28. The SMILES string of the molecule is O=S(=O)(C1CC1)N1C2CCC1CC(n1cccn1)C2. The summed E-state index contributed by atoms with van der Waals surface area (Å²) in [5.41, 5.74) is 0. The Balaban J connectivity index is 1.59. The first-order chi connectivity index (χ1) is 9.16. The van der Waals surface area contributed by atoms with Crippen LogP contribution in [0.25, 0.3) is 0 Å².